The van der Waals surface area contributed by atoms with Gasteiger partial charge in [-0.1, -0.05) is 18.2 Å². The largest absolute Gasteiger partial charge is 0.497 e. The smallest absolute Gasteiger partial charge is 0.232 e. The Kier molecular flexibility index (Phi) is 3.44. The van der Waals surface area contributed by atoms with Crippen LogP contribution in [0, 0.1) is 0 Å². The summed E-state index contributed by atoms with van der Waals surface area (Å²) in [7, 11) is 1.58. The minimum absolute atomic E-state index is 0.0468. The van der Waals surface area contributed by atoms with Crippen LogP contribution in [-0.2, 0) is 4.79 Å². The highest BCUT2D eigenvalue weighted by molar-refractivity contribution is 6.07. The van der Waals surface area contributed by atoms with Crippen LogP contribution in [-0.4, -0.2) is 18.8 Å². The number of benzene rings is 2. The van der Waals surface area contributed by atoms with Crippen molar-refractivity contribution >= 4 is 17.4 Å². The average Bonchev–Trinajstić information content (AvgIpc) is 2.83. The summed E-state index contributed by atoms with van der Waals surface area (Å²) < 4.78 is 5.07. The fraction of sp³-hybridized carbons (Fsp3) is 0.176. The molecule has 1 amide bonds. The fourth-order valence-corrected chi connectivity index (χ4v) is 2.56. The van der Waals surface area contributed by atoms with Crippen LogP contribution in [0.15, 0.2) is 48.5 Å². The number of para-hydroxylation sites is 1. The molecule has 1 N–H and O–H groups in total. The van der Waals surface area contributed by atoms with E-state index in [1.165, 1.54) is 0 Å². The van der Waals surface area contributed by atoms with E-state index in [0.717, 1.165) is 11.3 Å². The van der Waals surface area contributed by atoms with Crippen LogP contribution >= 0.6 is 0 Å². The molecule has 0 saturated carbocycles. The monoisotopic (exact) mass is 281 g/mol. The van der Waals surface area contributed by atoms with Crippen molar-refractivity contribution in [2.75, 3.05) is 12.4 Å². The summed E-state index contributed by atoms with van der Waals surface area (Å²) in [5.74, 6) is 0.138. The standard InChI is InChI=1S/C17H15NO3/c1-21-12-8-6-11(7-9-12)16(19)10-14-13-4-2-3-5-15(13)18-17(14)20/h2-9,14H,10H2,1H3,(H,18,20). The molecule has 21 heavy (non-hydrogen) atoms. The molecule has 4 nitrogen and oxygen atoms in total. The highest BCUT2D eigenvalue weighted by Gasteiger charge is 2.32. The number of carbonyl (C=O) groups is 2. The second kappa shape index (κ2) is 5.40. The number of fused-ring (bicyclic) bond motifs is 1. The van der Waals surface area contributed by atoms with Gasteiger partial charge in [-0.05, 0) is 35.9 Å². The molecule has 4 heteroatoms. The number of hydrogen-bond acceptors (Lipinski definition) is 3. The van der Waals surface area contributed by atoms with Gasteiger partial charge in [-0.15, -0.1) is 0 Å². The second-order valence-corrected chi connectivity index (χ2v) is 4.98. The van der Waals surface area contributed by atoms with Gasteiger partial charge >= 0.3 is 0 Å². The molecule has 1 atom stereocenters. The van der Waals surface area contributed by atoms with Gasteiger partial charge in [0.05, 0.1) is 13.0 Å². The van der Waals surface area contributed by atoms with Crippen molar-refractivity contribution in [2.24, 2.45) is 0 Å². The lowest BCUT2D eigenvalue weighted by Crippen LogP contribution is -2.16. The van der Waals surface area contributed by atoms with E-state index in [4.69, 9.17) is 4.74 Å². The molecule has 0 saturated heterocycles. The minimum atomic E-state index is -0.407. The molecule has 3 rings (SSSR count). The Bertz CT molecular complexity index is 691. The van der Waals surface area contributed by atoms with Gasteiger partial charge in [-0.2, -0.15) is 0 Å². The number of rotatable bonds is 4. The normalized spacial score (nSPS) is 16.2. The quantitative estimate of drug-likeness (QED) is 0.876. The summed E-state index contributed by atoms with van der Waals surface area (Å²) >= 11 is 0. The Morgan fingerprint density at radius 2 is 1.86 bits per heavy atom. The van der Waals surface area contributed by atoms with Crippen molar-refractivity contribution in [1.29, 1.82) is 0 Å². The molecule has 0 radical (unpaired) electrons. The Labute approximate surface area is 122 Å². The third kappa shape index (κ3) is 2.52. The van der Waals surface area contributed by atoms with E-state index in [1.54, 1.807) is 31.4 Å². The summed E-state index contributed by atoms with van der Waals surface area (Å²) in [4.78, 5) is 24.3. The Morgan fingerprint density at radius 3 is 2.57 bits per heavy atom. The minimum Gasteiger partial charge on any atom is -0.497 e. The Hall–Kier alpha value is -2.62. The van der Waals surface area contributed by atoms with Crippen LogP contribution in [0.4, 0.5) is 5.69 Å². The number of nitrogens with one attached hydrogen (secondary N) is 1. The van der Waals surface area contributed by atoms with Crippen LogP contribution in [0.25, 0.3) is 0 Å². The van der Waals surface area contributed by atoms with Gasteiger partial charge in [0.1, 0.15) is 5.75 Å². The van der Waals surface area contributed by atoms with Gasteiger partial charge in [0.25, 0.3) is 0 Å². The maximum absolute atomic E-state index is 12.3. The zero-order chi connectivity index (χ0) is 14.8. The van der Waals surface area contributed by atoms with Crippen molar-refractivity contribution in [2.45, 2.75) is 12.3 Å². The lowest BCUT2D eigenvalue weighted by molar-refractivity contribution is -0.117. The highest BCUT2D eigenvalue weighted by atomic mass is 16.5. The Balaban J connectivity index is 1.80. The topological polar surface area (TPSA) is 55.4 Å². The van der Waals surface area contributed by atoms with Crippen LogP contribution in [0.2, 0.25) is 0 Å². The average molecular weight is 281 g/mol. The number of ether oxygens (including phenoxy) is 1. The van der Waals surface area contributed by atoms with Gasteiger partial charge in [-0.25, -0.2) is 0 Å². The van der Waals surface area contributed by atoms with E-state index in [2.05, 4.69) is 5.32 Å². The summed E-state index contributed by atoms with van der Waals surface area (Å²) in [6, 6.07) is 14.4. The van der Waals surface area contributed by atoms with E-state index in [0.29, 0.717) is 11.3 Å². The van der Waals surface area contributed by atoms with Gasteiger partial charge < -0.3 is 10.1 Å². The van der Waals surface area contributed by atoms with Crippen LogP contribution < -0.4 is 10.1 Å². The number of Topliss-reactive ketones (excluding diaryl/α,β-unsaturated/α-hetero) is 1. The lowest BCUT2D eigenvalue weighted by atomic mass is 9.93. The molecule has 2 aromatic carbocycles. The number of anilines is 1. The van der Waals surface area contributed by atoms with Gasteiger partial charge in [0.15, 0.2) is 5.78 Å². The maximum atomic E-state index is 12.3. The first kappa shape index (κ1) is 13.4. The van der Waals surface area contributed by atoms with Crippen molar-refractivity contribution in [3.8, 4) is 5.75 Å². The molecule has 1 heterocycles. The molecule has 106 valence electrons. The van der Waals surface area contributed by atoms with E-state index in [1.807, 2.05) is 24.3 Å². The molecule has 2 aromatic rings. The first-order chi connectivity index (χ1) is 10.2. The van der Waals surface area contributed by atoms with Gasteiger partial charge in [0.2, 0.25) is 5.91 Å². The number of carbonyl (C=O) groups excluding carboxylic acids is 2. The predicted octanol–water partition coefficient (Wildman–Crippen LogP) is 3.00. The van der Waals surface area contributed by atoms with Crippen LogP contribution in [0.5, 0.6) is 5.75 Å². The third-order valence-corrected chi connectivity index (χ3v) is 3.71. The van der Waals surface area contributed by atoms with Crippen molar-refractivity contribution < 1.29 is 14.3 Å². The van der Waals surface area contributed by atoms with E-state index in [9.17, 15) is 9.59 Å². The predicted molar refractivity (Wildman–Crippen MR) is 79.8 cm³/mol. The molecule has 1 aliphatic heterocycles. The van der Waals surface area contributed by atoms with Crippen molar-refractivity contribution in [1.82, 2.24) is 0 Å². The number of hydrogen-bond donors (Lipinski definition) is 1. The number of ketones is 1. The lowest BCUT2D eigenvalue weighted by Gasteiger charge is -2.08. The Morgan fingerprint density at radius 1 is 1.14 bits per heavy atom. The summed E-state index contributed by atoms with van der Waals surface area (Å²) in [5, 5.41) is 2.81. The van der Waals surface area contributed by atoms with Crippen molar-refractivity contribution in [3.63, 3.8) is 0 Å². The summed E-state index contributed by atoms with van der Waals surface area (Å²) in [6.07, 6.45) is 0.176. The van der Waals surface area contributed by atoms with Gasteiger partial charge in [-0.3, -0.25) is 9.59 Å². The van der Waals surface area contributed by atoms with Crippen LogP contribution in [0.1, 0.15) is 28.3 Å². The zero-order valence-electron chi connectivity index (χ0n) is 11.6. The summed E-state index contributed by atoms with van der Waals surface area (Å²) in [6.45, 7) is 0. The SMILES string of the molecule is COc1ccc(C(=O)CC2C(=O)Nc3ccccc32)cc1. The molecule has 0 spiro atoms. The van der Waals surface area contributed by atoms with E-state index >= 15 is 0 Å². The second-order valence-electron chi connectivity index (χ2n) is 4.98. The summed E-state index contributed by atoms with van der Waals surface area (Å²) in [5.41, 5.74) is 2.28. The first-order valence-electron chi connectivity index (χ1n) is 6.76. The molecule has 1 unspecified atom stereocenters. The van der Waals surface area contributed by atoms with Crippen LogP contribution in [0.3, 0.4) is 0 Å². The maximum Gasteiger partial charge on any atom is 0.232 e. The fourth-order valence-electron chi connectivity index (χ4n) is 2.56. The molecule has 0 aromatic heterocycles. The highest BCUT2D eigenvalue weighted by Crippen LogP contribution is 2.35. The molecular formula is C17H15NO3. The molecule has 0 aliphatic carbocycles. The molecular weight excluding hydrogens is 266 g/mol. The van der Waals surface area contributed by atoms with E-state index in [-0.39, 0.29) is 18.1 Å². The number of methoxy groups -OCH3 is 1. The molecule has 0 fully saturated rings. The molecule has 1 aliphatic rings. The first-order valence-corrected chi connectivity index (χ1v) is 6.76. The zero-order valence-corrected chi connectivity index (χ0v) is 11.6. The molecule has 0 bridgehead atoms. The number of amides is 1. The van der Waals surface area contributed by atoms with E-state index < -0.39 is 5.92 Å². The van der Waals surface area contributed by atoms with Gasteiger partial charge in [0, 0.05) is 17.7 Å². The van der Waals surface area contributed by atoms with Crippen molar-refractivity contribution in [3.05, 3.63) is 59.7 Å². The third-order valence-electron chi connectivity index (χ3n) is 3.71.